The summed E-state index contributed by atoms with van der Waals surface area (Å²) in [6.45, 7) is 5.32. The van der Waals surface area contributed by atoms with Gasteiger partial charge in [0.05, 0.1) is 18.7 Å². The summed E-state index contributed by atoms with van der Waals surface area (Å²) in [5, 5.41) is 3.99. The Labute approximate surface area is 162 Å². The molecule has 0 radical (unpaired) electrons. The van der Waals surface area contributed by atoms with Gasteiger partial charge in [0.15, 0.2) is 0 Å². The Morgan fingerprint density at radius 2 is 2.00 bits per heavy atom. The molecule has 0 bridgehead atoms. The lowest BCUT2D eigenvalue weighted by Crippen LogP contribution is -2.47. The number of ether oxygens (including phenoxy) is 1. The summed E-state index contributed by atoms with van der Waals surface area (Å²) in [5.74, 6) is -0.00221. The van der Waals surface area contributed by atoms with Crippen molar-refractivity contribution in [2.24, 2.45) is 0 Å². The summed E-state index contributed by atoms with van der Waals surface area (Å²) in [4.78, 5) is 35.5. The van der Waals surface area contributed by atoms with E-state index in [0.717, 1.165) is 34.0 Å². The summed E-state index contributed by atoms with van der Waals surface area (Å²) < 4.78 is 5.02. The fraction of sp³-hybridized carbons (Fsp3) is 0.474. The summed E-state index contributed by atoms with van der Waals surface area (Å²) >= 11 is 1.54. The minimum Gasteiger partial charge on any atom is -0.450 e. The van der Waals surface area contributed by atoms with Crippen molar-refractivity contribution in [1.82, 2.24) is 20.2 Å². The van der Waals surface area contributed by atoms with Gasteiger partial charge < -0.3 is 15.0 Å². The van der Waals surface area contributed by atoms with Crippen molar-refractivity contribution < 1.29 is 14.3 Å². The van der Waals surface area contributed by atoms with Gasteiger partial charge in [0.2, 0.25) is 5.91 Å². The molecule has 0 unspecified atom stereocenters. The molecule has 1 N–H and O–H groups in total. The van der Waals surface area contributed by atoms with Crippen LogP contribution in [0, 0.1) is 6.92 Å². The molecular weight excluding hydrogens is 364 g/mol. The zero-order chi connectivity index (χ0) is 19.2. The first-order valence-electron chi connectivity index (χ1n) is 9.14. The summed E-state index contributed by atoms with van der Waals surface area (Å²) in [6.07, 6.45) is 5.02. The number of aryl methyl sites for hydroxylation is 1. The molecule has 1 fully saturated rings. The standard InChI is InChI=1S/C19H24N4O3S/c1-3-26-19(25)23-10-6-15(7-11-23)22-17(24)12-16-13(2)21-18(27-16)14-4-8-20-9-5-14/h4-5,8-9,15H,3,6-7,10-12H2,1-2H3,(H,22,24). The third-order valence-electron chi connectivity index (χ3n) is 4.53. The van der Waals surface area contributed by atoms with Crippen LogP contribution in [-0.4, -0.2) is 52.6 Å². The normalized spacial score (nSPS) is 14.8. The summed E-state index contributed by atoms with van der Waals surface area (Å²) in [6, 6.07) is 3.93. The van der Waals surface area contributed by atoms with Crippen LogP contribution in [0.4, 0.5) is 4.79 Å². The fourth-order valence-electron chi connectivity index (χ4n) is 3.06. The van der Waals surface area contributed by atoms with Crippen LogP contribution in [0.15, 0.2) is 24.5 Å². The number of rotatable bonds is 5. The van der Waals surface area contributed by atoms with E-state index < -0.39 is 0 Å². The second-order valence-corrected chi connectivity index (χ2v) is 7.55. The highest BCUT2D eigenvalue weighted by molar-refractivity contribution is 7.15. The molecule has 2 aromatic rings. The zero-order valence-electron chi connectivity index (χ0n) is 15.6. The topological polar surface area (TPSA) is 84.4 Å². The number of piperidine rings is 1. The second kappa shape index (κ2) is 8.94. The van der Waals surface area contributed by atoms with Crippen LogP contribution >= 0.6 is 11.3 Å². The molecule has 0 spiro atoms. The quantitative estimate of drug-likeness (QED) is 0.851. The number of carbonyl (C=O) groups excluding carboxylic acids is 2. The number of hydrogen-bond donors (Lipinski definition) is 1. The molecule has 1 aliphatic rings. The van der Waals surface area contributed by atoms with Crippen molar-refractivity contribution >= 4 is 23.3 Å². The van der Waals surface area contributed by atoms with Crippen molar-refractivity contribution in [3.63, 3.8) is 0 Å². The maximum Gasteiger partial charge on any atom is 0.409 e. The van der Waals surface area contributed by atoms with Crippen molar-refractivity contribution in [2.45, 2.75) is 39.2 Å². The van der Waals surface area contributed by atoms with Gasteiger partial charge in [-0.25, -0.2) is 9.78 Å². The lowest BCUT2D eigenvalue weighted by Gasteiger charge is -2.31. The number of carbonyl (C=O) groups is 2. The van der Waals surface area contributed by atoms with E-state index in [1.165, 1.54) is 0 Å². The Bertz CT molecular complexity index is 786. The molecule has 8 heteroatoms. The van der Waals surface area contributed by atoms with Crippen LogP contribution in [0.25, 0.3) is 10.6 Å². The number of nitrogens with one attached hydrogen (secondary N) is 1. The van der Waals surface area contributed by atoms with E-state index in [1.54, 1.807) is 35.6 Å². The summed E-state index contributed by atoms with van der Waals surface area (Å²) in [7, 11) is 0. The average molecular weight is 388 g/mol. The zero-order valence-corrected chi connectivity index (χ0v) is 16.4. The molecule has 0 aromatic carbocycles. The second-order valence-electron chi connectivity index (χ2n) is 6.47. The molecule has 144 valence electrons. The highest BCUT2D eigenvalue weighted by Gasteiger charge is 2.25. The monoisotopic (exact) mass is 388 g/mol. The van der Waals surface area contributed by atoms with Crippen molar-refractivity contribution in [3.05, 3.63) is 35.1 Å². The highest BCUT2D eigenvalue weighted by atomic mass is 32.1. The number of pyridine rings is 1. The smallest absolute Gasteiger partial charge is 0.409 e. The van der Waals surface area contributed by atoms with Gasteiger partial charge in [0.25, 0.3) is 0 Å². The van der Waals surface area contributed by atoms with Crippen LogP contribution in [0.5, 0.6) is 0 Å². The Hall–Kier alpha value is -2.48. The lowest BCUT2D eigenvalue weighted by atomic mass is 10.1. The highest BCUT2D eigenvalue weighted by Crippen LogP contribution is 2.27. The van der Waals surface area contributed by atoms with Gasteiger partial charge >= 0.3 is 6.09 Å². The number of aromatic nitrogens is 2. The SMILES string of the molecule is CCOC(=O)N1CCC(NC(=O)Cc2sc(-c3ccncc3)nc2C)CC1. The molecule has 3 heterocycles. The maximum atomic E-state index is 12.4. The van der Waals surface area contributed by atoms with Crippen LogP contribution in [-0.2, 0) is 16.0 Å². The van der Waals surface area contributed by atoms with E-state index in [9.17, 15) is 9.59 Å². The Morgan fingerprint density at radius 1 is 1.30 bits per heavy atom. The maximum absolute atomic E-state index is 12.4. The van der Waals surface area contributed by atoms with Gasteiger partial charge in [-0.2, -0.15) is 0 Å². The fourth-order valence-corrected chi connectivity index (χ4v) is 4.12. The van der Waals surface area contributed by atoms with E-state index in [0.29, 0.717) is 26.1 Å². The van der Waals surface area contributed by atoms with Crippen LogP contribution in [0.3, 0.4) is 0 Å². The first-order chi connectivity index (χ1) is 13.1. The number of nitrogens with zero attached hydrogens (tertiary/aromatic N) is 3. The molecule has 1 aliphatic heterocycles. The van der Waals surface area contributed by atoms with Crippen molar-refractivity contribution in [2.75, 3.05) is 19.7 Å². The lowest BCUT2D eigenvalue weighted by molar-refractivity contribution is -0.121. The number of thiazole rings is 1. The van der Waals surface area contributed by atoms with E-state index in [1.807, 2.05) is 19.1 Å². The minimum atomic E-state index is -0.272. The number of hydrogen-bond acceptors (Lipinski definition) is 6. The van der Waals surface area contributed by atoms with Gasteiger partial charge in [0, 0.05) is 42.0 Å². The van der Waals surface area contributed by atoms with Gasteiger partial charge in [-0.1, -0.05) is 0 Å². The van der Waals surface area contributed by atoms with Crippen LogP contribution < -0.4 is 5.32 Å². The average Bonchev–Trinajstić information content (AvgIpc) is 3.03. The molecular formula is C19H24N4O3S. The molecule has 27 heavy (non-hydrogen) atoms. The third-order valence-corrected chi connectivity index (χ3v) is 5.73. The number of likely N-dealkylation sites (tertiary alicyclic amines) is 1. The third kappa shape index (κ3) is 5.03. The van der Waals surface area contributed by atoms with Gasteiger partial charge in [-0.3, -0.25) is 9.78 Å². The van der Waals surface area contributed by atoms with E-state index in [-0.39, 0.29) is 18.0 Å². The van der Waals surface area contributed by atoms with Crippen molar-refractivity contribution in [1.29, 1.82) is 0 Å². The first-order valence-corrected chi connectivity index (χ1v) is 9.96. The summed E-state index contributed by atoms with van der Waals surface area (Å²) in [5.41, 5.74) is 1.90. The molecule has 0 saturated carbocycles. The molecule has 7 nitrogen and oxygen atoms in total. The van der Waals surface area contributed by atoms with Gasteiger partial charge in [0.1, 0.15) is 5.01 Å². The van der Waals surface area contributed by atoms with E-state index in [2.05, 4.69) is 15.3 Å². The predicted molar refractivity (Wildman–Crippen MR) is 104 cm³/mol. The molecule has 1 saturated heterocycles. The molecule has 2 aromatic heterocycles. The largest absolute Gasteiger partial charge is 0.450 e. The Morgan fingerprint density at radius 3 is 2.67 bits per heavy atom. The van der Waals surface area contributed by atoms with Gasteiger partial charge in [-0.05, 0) is 38.8 Å². The molecule has 0 atom stereocenters. The Balaban J connectivity index is 1.52. The van der Waals surface area contributed by atoms with Gasteiger partial charge in [-0.15, -0.1) is 11.3 Å². The van der Waals surface area contributed by atoms with Crippen LogP contribution in [0.1, 0.15) is 30.3 Å². The predicted octanol–water partition coefficient (Wildman–Crippen LogP) is 2.79. The molecule has 2 amide bonds. The minimum absolute atomic E-state index is 0.00221. The molecule has 3 rings (SSSR count). The number of amides is 2. The first kappa shape index (κ1) is 19.3. The van der Waals surface area contributed by atoms with E-state index >= 15 is 0 Å². The Kier molecular flexibility index (Phi) is 6.39. The van der Waals surface area contributed by atoms with Crippen molar-refractivity contribution in [3.8, 4) is 10.6 Å². The van der Waals surface area contributed by atoms with E-state index in [4.69, 9.17) is 4.74 Å². The molecule has 0 aliphatic carbocycles. The van der Waals surface area contributed by atoms with Crippen LogP contribution in [0.2, 0.25) is 0 Å².